The topological polar surface area (TPSA) is 162 Å². The smallest absolute Gasteiger partial charge is 0.320 e. The van der Waals surface area contributed by atoms with Gasteiger partial charge in [-0.15, -0.1) is 4.40 Å². The number of aliphatic carboxylic acids is 1. The van der Waals surface area contributed by atoms with Crippen molar-refractivity contribution in [3.63, 3.8) is 0 Å². The number of nitrogens with two attached hydrogens (primary N) is 3. The molecule has 0 aliphatic carbocycles. The summed E-state index contributed by atoms with van der Waals surface area (Å²) < 4.78 is 24.9. The molecular weight excluding hydrogens is 212 g/mol. The maximum Gasteiger partial charge on any atom is 0.320 e. The highest BCUT2D eigenvalue weighted by molar-refractivity contribution is 7.90. The van der Waals surface area contributed by atoms with Gasteiger partial charge < -0.3 is 22.3 Å². The Hall–Kier alpha value is -1.35. The van der Waals surface area contributed by atoms with Crippen molar-refractivity contribution in [1.29, 1.82) is 0 Å². The fourth-order valence-corrected chi connectivity index (χ4v) is 1.57. The van der Waals surface area contributed by atoms with Gasteiger partial charge in [0, 0.05) is 0 Å². The van der Waals surface area contributed by atoms with Gasteiger partial charge in [0.2, 0.25) is 5.96 Å². The molecule has 0 aliphatic rings. The number of carboxylic acid groups (broad SMARTS) is 1. The van der Waals surface area contributed by atoms with Crippen LogP contribution in [0, 0.1) is 0 Å². The van der Waals surface area contributed by atoms with E-state index in [1.54, 1.807) is 0 Å². The van der Waals surface area contributed by atoms with Gasteiger partial charge in [0.1, 0.15) is 6.04 Å². The highest BCUT2D eigenvalue weighted by Crippen LogP contribution is 1.98. The summed E-state index contributed by atoms with van der Waals surface area (Å²) >= 11 is 0. The van der Waals surface area contributed by atoms with Crippen LogP contribution in [0.4, 0.5) is 0 Å². The second-order valence-electron chi connectivity index (χ2n) is 2.54. The van der Waals surface area contributed by atoms with Crippen LogP contribution in [0.3, 0.4) is 0 Å². The summed E-state index contributed by atoms with van der Waals surface area (Å²) in [6.07, 6.45) is -0.242. The highest BCUT2D eigenvalue weighted by Gasteiger charge is 2.16. The third-order valence-corrected chi connectivity index (χ3v) is 2.49. The lowest BCUT2D eigenvalue weighted by atomic mass is 10.2. The first kappa shape index (κ1) is 12.7. The van der Waals surface area contributed by atoms with Gasteiger partial charge >= 0.3 is 5.97 Å². The van der Waals surface area contributed by atoms with E-state index < -0.39 is 33.7 Å². The lowest BCUT2D eigenvalue weighted by molar-refractivity contribution is -0.138. The molecule has 0 fully saturated rings. The van der Waals surface area contributed by atoms with Crippen molar-refractivity contribution >= 4 is 22.0 Å². The van der Waals surface area contributed by atoms with Crippen LogP contribution >= 0.6 is 0 Å². The molecule has 8 nitrogen and oxygen atoms in total. The van der Waals surface area contributed by atoms with Gasteiger partial charge in [-0.05, 0) is 6.42 Å². The number of carbonyl (C=O) groups is 1. The van der Waals surface area contributed by atoms with E-state index in [9.17, 15) is 13.2 Å². The van der Waals surface area contributed by atoms with Gasteiger partial charge in [0.15, 0.2) is 0 Å². The molecule has 0 rings (SSSR count). The van der Waals surface area contributed by atoms with Gasteiger partial charge in [-0.3, -0.25) is 4.79 Å². The van der Waals surface area contributed by atoms with Crippen molar-refractivity contribution in [2.45, 2.75) is 12.5 Å². The van der Waals surface area contributed by atoms with Crippen LogP contribution in [-0.4, -0.2) is 37.2 Å². The van der Waals surface area contributed by atoms with Crippen molar-refractivity contribution < 1.29 is 18.3 Å². The molecule has 0 aromatic rings. The molecule has 0 spiro atoms. The average Bonchev–Trinajstić information content (AvgIpc) is 1.97. The van der Waals surface area contributed by atoms with E-state index in [2.05, 4.69) is 4.40 Å². The number of hydrogen-bond donors (Lipinski definition) is 4. The van der Waals surface area contributed by atoms with E-state index >= 15 is 0 Å². The zero-order chi connectivity index (χ0) is 11.4. The van der Waals surface area contributed by atoms with Crippen LogP contribution in [0.15, 0.2) is 4.40 Å². The molecule has 7 N–H and O–H groups in total. The number of sulfonamides is 1. The van der Waals surface area contributed by atoms with E-state index in [-0.39, 0.29) is 6.42 Å². The second kappa shape index (κ2) is 4.77. The summed E-state index contributed by atoms with van der Waals surface area (Å²) in [6.45, 7) is 0. The molecule has 0 amide bonds. The Labute approximate surface area is 80.8 Å². The first-order valence-corrected chi connectivity index (χ1v) is 5.17. The summed E-state index contributed by atoms with van der Waals surface area (Å²) in [6, 6.07) is -1.24. The van der Waals surface area contributed by atoms with Gasteiger partial charge in [0.25, 0.3) is 10.0 Å². The zero-order valence-electron chi connectivity index (χ0n) is 7.25. The molecule has 0 aromatic heterocycles. The van der Waals surface area contributed by atoms with Gasteiger partial charge in [-0.25, -0.2) is 8.42 Å². The zero-order valence-corrected chi connectivity index (χ0v) is 8.07. The SMILES string of the molecule is NC(N)=NS(=O)(=O)CC[C@H](N)C(=O)O. The Morgan fingerprint density at radius 1 is 1.43 bits per heavy atom. The largest absolute Gasteiger partial charge is 0.480 e. The molecule has 0 radical (unpaired) electrons. The number of guanidine groups is 1. The van der Waals surface area contributed by atoms with E-state index in [0.717, 1.165) is 0 Å². The Balaban J connectivity index is 4.28. The lowest BCUT2D eigenvalue weighted by Gasteiger charge is -2.04. The van der Waals surface area contributed by atoms with E-state index in [0.29, 0.717) is 0 Å². The number of carboxylic acids is 1. The van der Waals surface area contributed by atoms with Crippen molar-refractivity contribution in [1.82, 2.24) is 0 Å². The first-order valence-electron chi connectivity index (χ1n) is 3.56. The minimum Gasteiger partial charge on any atom is -0.480 e. The van der Waals surface area contributed by atoms with Crippen LogP contribution in [0.25, 0.3) is 0 Å². The summed E-state index contributed by atoms with van der Waals surface area (Å²) in [5.74, 6) is -2.36. The highest BCUT2D eigenvalue weighted by atomic mass is 32.2. The standard InChI is InChI=1S/C5H12N4O4S/c6-3(4(10)11)1-2-14(12,13)9-5(7)8/h3H,1-2,6H2,(H,10,11)(H4,7,8,9)/t3-/m0/s1. The third-order valence-electron chi connectivity index (χ3n) is 1.25. The predicted molar refractivity (Wildman–Crippen MR) is 49.8 cm³/mol. The summed E-state index contributed by atoms with van der Waals surface area (Å²) in [7, 11) is -3.81. The summed E-state index contributed by atoms with van der Waals surface area (Å²) in [5.41, 5.74) is 14.8. The molecule has 0 heterocycles. The molecule has 9 heteroatoms. The molecule has 1 atom stereocenters. The van der Waals surface area contributed by atoms with Crippen molar-refractivity contribution in [3.05, 3.63) is 0 Å². The molecule has 0 aliphatic heterocycles. The molecule has 0 unspecified atom stereocenters. The van der Waals surface area contributed by atoms with Crippen LogP contribution < -0.4 is 17.2 Å². The fraction of sp³-hybridized carbons (Fsp3) is 0.600. The summed E-state index contributed by atoms with van der Waals surface area (Å²) in [4.78, 5) is 10.2. The van der Waals surface area contributed by atoms with Gasteiger partial charge in [0.05, 0.1) is 5.75 Å². The van der Waals surface area contributed by atoms with E-state index in [1.807, 2.05) is 0 Å². The minimum atomic E-state index is -3.81. The summed E-state index contributed by atoms with van der Waals surface area (Å²) in [5, 5.41) is 8.36. The van der Waals surface area contributed by atoms with Crippen LogP contribution in [-0.2, 0) is 14.8 Å². The molecule has 0 bridgehead atoms. The van der Waals surface area contributed by atoms with E-state index in [4.69, 9.17) is 22.3 Å². The Morgan fingerprint density at radius 2 is 1.93 bits per heavy atom. The Kier molecular flexibility index (Phi) is 4.31. The van der Waals surface area contributed by atoms with Crippen molar-refractivity contribution in [2.75, 3.05) is 5.75 Å². The minimum absolute atomic E-state index is 0.242. The second-order valence-corrected chi connectivity index (χ2v) is 4.29. The average molecular weight is 224 g/mol. The monoisotopic (exact) mass is 224 g/mol. The van der Waals surface area contributed by atoms with E-state index in [1.165, 1.54) is 0 Å². The molecule has 14 heavy (non-hydrogen) atoms. The first-order chi connectivity index (χ1) is 6.24. The fourth-order valence-electron chi connectivity index (χ4n) is 0.606. The van der Waals surface area contributed by atoms with Crippen molar-refractivity contribution in [3.8, 4) is 0 Å². The molecule has 0 saturated heterocycles. The van der Waals surface area contributed by atoms with Crippen molar-refractivity contribution in [2.24, 2.45) is 21.6 Å². The molecule has 82 valence electrons. The Morgan fingerprint density at radius 3 is 2.29 bits per heavy atom. The maximum absolute atomic E-state index is 11.0. The normalized spacial score (nSPS) is 13.2. The number of rotatable bonds is 5. The quantitative estimate of drug-likeness (QED) is 0.293. The van der Waals surface area contributed by atoms with Crippen LogP contribution in [0.1, 0.15) is 6.42 Å². The maximum atomic E-state index is 11.0. The molecule has 0 aromatic carbocycles. The predicted octanol–water partition coefficient (Wildman–Crippen LogP) is -2.61. The Bertz CT molecular complexity index is 332. The molecular formula is C5H12N4O4S. The van der Waals surface area contributed by atoms with Crippen LogP contribution in [0.5, 0.6) is 0 Å². The third kappa shape index (κ3) is 5.32. The van der Waals surface area contributed by atoms with Gasteiger partial charge in [-0.1, -0.05) is 0 Å². The van der Waals surface area contributed by atoms with Gasteiger partial charge in [-0.2, -0.15) is 0 Å². The molecule has 0 saturated carbocycles. The number of hydrogen-bond acceptors (Lipinski definition) is 4. The van der Waals surface area contributed by atoms with Crippen LogP contribution in [0.2, 0.25) is 0 Å². The number of nitrogens with zero attached hydrogens (tertiary/aromatic N) is 1. The lowest BCUT2D eigenvalue weighted by Crippen LogP contribution is -2.32.